The van der Waals surface area contributed by atoms with Crippen molar-refractivity contribution < 1.29 is 19.1 Å². The number of benzene rings is 1. The lowest BCUT2D eigenvalue weighted by atomic mass is 10.1. The predicted molar refractivity (Wildman–Crippen MR) is 90.2 cm³/mol. The van der Waals surface area contributed by atoms with Gasteiger partial charge in [0.1, 0.15) is 0 Å². The zero-order valence-electron chi connectivity index (χ0n) is 14.4. The van der Waals surface area contributed by atoms with Crippen molar-refractivity contribution in [1.82, 2.24) is 4.90 Å². The summed E-state index contributed by atoms with van der Waals surface area (Å²) in [5.41, 5.74) is 0.754. The van der Waals surface area contributed by atoms with Crippen LogP contribution in [0.4, 0.5) is 5.69 Å². The number of rotatable bonds is 5. The van der Waals surface area contributed by atoms with Gasteiger partial charge in [-0.3, -0.25) is 9.59 Å². The third-order valence-corrected chi connectivity index (χ3v) is 4.86. The molecule has 0 spiro atoms. The number of nitrogens with zero attached hydrogens (tertiary/aromatic N) is 2. The van der Waals surface area contributed by atoms with Crippen LogP contribution < -0.4 is 14.4 Å². The molecule has 0 N–H and O–H groups in total. The van der Waals surface area contributed by atoms with Crippen LogP contribution in [0.15, 0.2) is 18.2 Å². The molecule has 24 heavy (non-hydrogen) atoms. The first-order valence-electron chi connectivity index (χ1n) is 8.48. The number of anilines is 1. The van der Waals surface area contributed by atoms with Gasteiger partial charge in [0.05, 0.1) is 5.92 Å². The SMILES string of the molecule is CCCC(C)N(C)C(=O)C1CC(=O)N(c2ccc3c(c2)OCO3)C1. The molecule has 2 heterocycles. The molecule has 0 saturated carbocycles. The first kappa shape index (κ1) is 16.6. The van der Waals surface area contributed by atoms with Gasteiger partial charge >= 0.3 is 0 Å². The van der Waals surface area contributed by atoms with Gasteiger partial charge in [-0.15, -0.1) is 0 Å². The average molecular weight is 332 g/mol. The molecule has 0 bridgehead atoms. The van der Waals surface area contributed by atoms with Gasteiger partial charge in [0, 0.05) is 37.8 Å². The molecule has 1 aromatic rings. The fourth-order valence-corrected chi connectivity index (χ4v) is 3.29. The molecule has 2 unspecified atom stereocenters. The highest BCUT2D eigenvalue weighted by molar-refractivity contribution is 6.00. The molecule has 0 radical (unpaired) electrons. The van der Waals surface area contributed by atoms with E-state index in [2.05, 4.69) is 6.92 Å². The number of hydrogen-bond donors (Lipinski definition) is 0. The number of carbonyl (C=O) groups excluding carboxylic acids is 2. The van der Waals surface area contributed by atoms with Crippen molar-refractivity contribution in [3.63, 3.8) is 0 Å². The summed E-state index contributed by atoms with van der Waals surface area (Å²) in [6.45, 7) is 4.78. The summed E-state index contributed by atoms with van der Waals surface area (Å²) in [7, 11) is 1.83. The molecule has 130 valence electrons. The standard InChI is InChI=1S/C18H24N2O4/c1-4-5-12(2)19(3)18(22)13-8-17(21)20(10-13)14-6-7-15-16(9-14)24-11-23-15/h6-7,9,12-13H,4-5,8,10-11H2,1-3H3. The molecule has 6 nitrogen and oxygen atoms in total. The predicted octanol–water partition coefficient (Wildman–Crippen LogP) is 2.42. The molecule has 2 atom stereocenters. The molecule has 1 saturated heterocycles. The number of carbonyl (C=O) groups is 2. The fraction of sp³-hybridized carbons (Fsp3) is 0.556. The van der Waals surface area contributed by atoms with Crippen molar-refractivity contribution in [3.8, 4) is 11.5 Å². The Hall–Kier alpha value is -2.24. The second-order valence-electron chi connectivity index (χ2n) is 6.53. The zero-order valence-corrected chi connectivity index (χ0v) is 14.4. The Kier molecular flexibility index (Phi) is 4.64. The van der Waals surface area contributed by atoms with E-state index in [-0.39, 0.29) is 37.0 Å². The van der Waals surface area contributed by atoms with Crippen LogP contribution in [0.25, 0.3) is 0 Å². The summed E-state index contributed by atoms with van der Waals surface area (Å²) in [6, 6.07) is 5.63. The third kappa shape index (κ3) is 3.05. The van der Waals surface area contributed by atoms with Gasteiger partial charge in [-0.2, -0.15) is 0 Å². The van der Waals surface area contributed by atoms with Gasteiger partial charge in [0.15, 0.2) is 11.5 Å². The minimum absolute atomic E-state index is 0.0243. The average Bonchev–Trinajstić information content (AvgIpc) is 3.19. The Balaban J connectivity index is 1.70. The number of amides is 2. The molecule has 2 aliphatic heterocycles. The molecule has 2 amide bonds. The summed E-state index contributed by atoms with van der Waals surface area (Å²) in [5, 5.41) is 0. The van der Waals surface area contributed by atoms with Gasteiger partial charge in [-0.25, -0.2) is 0 Å². The van der Waals surface area contributed by atoms with Crippen molar-refractivity contribution >= 4 is 17.5 Å². The molecule has 2 aliphatic rings. The Morgan fingerprint density at radius 1 is 1.38 bits per heavy atom. The summed E-state index contributed by atoms with van der Waals surface area (Å²) in [5.74, 6) is 1.07. The van der Waals surface area contributed by atoms with E-state index in [9.17, 15) is 9.59 Å². The second-order valence-corrected chi connectivity index (χ2v) is 6.53. The largest absolute Gasteiger partial charge is 0.454 e. The maximum atomic E-state index is 12.7. The van der Waals surface area contributed by atoms with Crippen LogP contribution in [0.3, 0.4) is 0 Å². The van der Waals surface area contributed by atoms with E-state index in [4.69, 9.17) is 9.47 Å². The van der Waals surface area contributed by atoms with Crippen LogP contribution in [-0.2, 0) is 9.59 Å². The number of fused-ring (bicyclic) bond motifs is 1. The van der Waals surface area contributed by atoms with Crippen LogP contribution in [0.1, 0.15) is 33.1 Å². The maximum Gasteiger partial charge on any atom is 0.231 e. The third-order valence-electron chi connectivity index (χ3n) is 4.86. The smallest absolute Gasteiger partial charge is 0.231 e. The van der Waals surface area contributed by atoms with E-state index in [1.54, 1.807) is 21.9 Å². The quantitative estimate of drug-likeness (QED) is 0.831. The van der Waals surface area contributed by atoms with Gasteiger partial charge in [-0.1, -0.05) is 13.3 Å². The molecule has 0 aliphatic carbocycles. The zero-order chi connectivity index (χ0) is 17.3. The summed E-state index contributed by atoms with van der Waals surface area (Å²) >= 11 is 0. The lowest BCUT2D eigenvalue weighted by Crippen LogP contribution is -2.40. The maximum absolute atomic E-state index is 12.7. The second kappa shape index (κ2) is 6.71. The minimum Gasteiger partial charge on any atom is -0.454 e. The number of hydrogen-bond acceptors (Lipinski definition) is 4. The molecule has 1 fully saturated rings. The fourth-order valence-electron chi connectivity index (χ4n) is 3.29. The van der Waals surface area contributed by atoms with Crippen molar-refractivity contribution in [2.24, 2.45) is 5.92 Å². The topological polar surface area (TPSA) is 59.1 Å². The molecular weight excluding hydrogens is 308 g/mol. The molecule has 3 rings (SSSR count). The molecule has 1 aromatic carbocycles. The lowest BCUT2D eigenvalue weighted by molar-refractivity contribution is -0.136. The van der Waals surface area contributed by atoms with Crippen LogP contribution in [0.2, 0.25) is 0 Å². The molecule has 6 heteroatoms. The highest BCUT2D eigenvalue weighted by Gasteiger charge is 2.37. The van der Waals surface area contributed by atoms with Crippen LogP contribution in [-0.4, -0.2) is 43.1 Å². The van der Waals surface area contributed by atoms with Crippen LogP contribution in [0.5, 0.6) is 11.5 Å². The Bertz CT molecular complexity index is 646. The van der Waals surface area contributed by atoms with Crippen LogP contribution in [0, 0.1) is 5.92 Å². The van der Waals surface area contributed by atoms with E-state index in [1.807, 2.05) is 20.0 Å². The summed E-state index contributed by atoms with van der Waals surface area (Å²) < 4.78 is 10.7. The minimum atomic E-state index is -0.285. The van der Waals surface area contributed by atoms with Gasteiger partial charge in [0.2, 0.25) is 18.6 Å². The van der Waals surface area contributed by atoms with Gasteiger partial charge in [0.25, 0.3) is 0 Å². The highest BCUT2D eigenvalue weighted by Crippen LogP contribution is 2.37. The first-order chi connectivity index (χ1) is 11.5. The van der Waals surface area contributed by atoms with E-state index in [0.717, 1.165) is 18.5 Å². The Labute approximate surface area is 142 Å². The molecule has 0 aromatic heterocycles. The van der Waals surface area contributed by atoms with Crippen molar-refractivity contribution in [3.05, 3.63) is 18.2 Å². The Morgan fingerprint density at radius 2 is 2.12 bits per heavy atom. The normalized spacial score (nSPS) is 20.4. The Morgan fingerprint density at radius 3 is 2.88 bits per heavy atom. The lowest BCUT2D eigenvalue weighted by Gasteiger charge is -2.27. The molecular formula is C18H24N2O4. The van der Waals surface area contributed by atoms with Crippen molar-refractivity contribution in [2.75, 3.05) is 25.3 Å². The summed E-state index contributed by atoms with van der Waals surface area (Å²) in [4.78, 5) is 28.5. The highest BCUT2D eigenvalue weighted by atomic mass is 16.7. The van der Waals surface area contributed by atoms with Crippen molar-refractivity contribution in [1.29, 1.82) is 0 Å². The number of ether oxygens (including phenoxy) is 2. The van der Waals surface area contributed by atoms with Crippen molar-refractivity contribution in [2.45, 2.75) is 39.2 Å². The van der Waals surface area contributed by atoms with E-state index in [0.29, 0.717) is 18.0 Å². The van der Waals surface area contributed by atoms with Crippen LogP contribution >= 0.6 is 0 Å². The first-order valence-corrected chi connectivity index (χ1v) is 8.48. The monoisotopic (exact) mass is 332 g/mol. The van der Waals surface area contributed by atoms with E-state index in [1.165, 1.54) is 0 Å². The van der Waals surface area contributed by atoms with Gasteiger partial charge < -0.3 is 19.3 Å². The van der Waals surface area contributed by atoms with E-state index < -0.39 is 0 Å². The van der Waals surface area contributed by atoms with Gasteiger partial charge in [-0.05, 0) is 25.5 Å². The summed E-state index contributed by atoms with van der Waals surface area (Å²) in [6.07, 6.45) is 2.26. The van der Waals surface area contributed by atoms with E-state index >= 15 is 0 Å².